The second-order valence-electron chi connectivity index (χ2n) is 3.71. The van der Waals surface area contributed by atoms with Crippen LogP contribution < -0.4 is 5.73 Å². The zero-order valence-electron chi connectivity index (χ0n) is 8.90. The largest absolute Gasteiger partial charge is 0.394 e. The van der Waals surface area contributed by atoms with E-state index in [1.807, 2.05) is 0 Å². The van der Waals surface area contributed by atoms with E-state index in [0.29, 0.717) is 13.0 Å². The molecule has 1 aliphatic heterocycles. The molecule has 2 unspecified atom stereocenters. The number of hydrogen-bond acceptors (Lipinski definition) is 7. The highest BCUT2D eigenvalue weighted by molar-refractivity contribution is 4.88. The fourth-order valence-electron chi connectivity index (χ4n) is 1.49. The van der Waals surface area contributed by atoms with Crippen LogP contribution in [-0.4, -0.2) is 70.9 Å². The Balaban J connectivity index is 2.50. The zero-order valence-corrected chi connectivity index (χ0v) is 8.90. The second-order valence-corrected chi connectivity index (χ2v) is 3.71. The van der Waals surface area contributed by atoms with E-state index in [-0.39, 0.29) is 6.61 Å². The van der Waals surface area contributed by atoms with E-state index in [0.717, 1.165) is 0 Å². The maximum absolute atomic E-state index is 9.55. The molecule has 6 N–H and O–H groups in total. The molecular weight excluding hydrogens is 218 g/mol. The quantitative estimate of drug-likeness (QED) is 0.326. The maximum atomic E-state index is 9.55. The lowest BCUT2D eigenvalue weighted by Gasteiger charge is -2.39. The summed E-state index contributed by atoms with van der Waals surface area (Å²) in [6.07, 6.45) is -5.48. The number of ether oxygens (including phenoxy) is 2. The Morgan fingerprint density at radius 1 is 1.12 bits per heavy atom. The van der Waals surface area contributed by atoms with Crippen LogP contribution in [-0.2, 0) is 9.47 Å². The lowest BCUT2D eigenvalue weighted by molar-refractivity contribution is -0.301. The predicted octanol–water partition coefficient (Wildman–Crippen LogP) is -2.85. The summed E-state index contributed by atoms with van der Waals surface area (Å²) in [5.74, 6) is 0. The highest BCUT2D eigenvalue weighted by Crippen LogP contribution is 2.21. The Hall–Kier alpha value is -0.280. The summed E-state index contributed by atoms with van der Waals surface area (Å²) < 4.78 is 10.3. The number of aliphatic hydroxyl groups is 4. The van der Waals surface area contributed by atoms with Gasteiger partial charge in [-0.1, -0.05) is 0 Å². The topological polar surface area (TPSA) is 125 Å². The molecule has 0 amide bonds. The van der Waals surface area contributed by atoms with E-state index in [9.17, 15) is 15.3 Å². The normalized spacial score (nSPS) is 39.9. The third-order valence-corrected chi connectivity index (χ3v) is 2.48. The van der Waals surface area contributed by atoms with Crippen molar-refractivity contribution in [3.63, 3.8) is 0 Å². The lowest BCUT2D eigenvalue weighted by atomic mass is 9.99. The van der Waals surface area contributed by atoms with Gasteiger partial charge in [0.1, 0.15) is 24.4 Å². The molecule has 1 fully saturated rings. The van der Waals surface area contributed by atoms with Gasteiger partial charge in [-0.2, -0.15) is 0 Å². The van der Waals surface area contributed by atoms with Crippen LogP contribution in [0, 0.1) is 0 Å². The first-order valence-electron chi connectivity index (χ1n) is 5.24. The van der Waals surface area contributed by atoms with Gasteiger partial charge in [-0.25, -0.2) is 0 Å². The van der Waals surface area contributed by atoms with Gasteiger partial charge in [0.25, 0.3) is 0 Å². The predicted molar refractivity (Wildman–Crippen MR) is 53.4 cm³/mol. The molecule has 0 bridgehead atoms. The van der Waals surface area contributed by atoms with Gasteiger partial charge in [-0.05, 0) is 13.0 Å². The fraction of sp³-hybridized carbons (Fsp3) is 1.00. The lowest BCUT2D eigenvalue weighted by Crippen LogP contribution is -2.59. The van der Waals surface area contributed by atoms with E-state index < -0.39 is 37.3 Å². The van der Waals surface area contributed by atoms with E-state index in [4.69, 9.17) is 20.3 Å². The fourth-order valence-corrected chi connectivity index (χ4v) is 1.49. The third kappa shape index (κ3) is 3.11. The molecular formula is C9H19NO6. The standard InChI is InChI=1S/C9H19NO6/c10-2-1-3-15-9-8(14)7(13)6(12)5(4-11)16-9/h5-9,11-14H,1-4,10H2/t5?,6-,7-,8?,9+/m1/s1. The van der Waals surface area contributed by atoms with E-state index in [1.165, 1.54) is 0 Å². The van der Waals surface area contributed by atoms with Crippen molar-refractivity contribution in [2.45, 2.75) is 37.1 Å². The minimum atomic E-state index is -1.39. The van der Waals surface area contributed by atoms with E-state index in [2.05, 4.69) is 0 Å². The molecule has 0 spiro atoms. The first kappa shape index (κ1) is 13.8. The van der Waals surface area contributed by atoms with E-state index in [1.54, 1.807) is 0 Å². The van der Waals surface area contributed by atoms with Crippen molar-refractivity contribution in [1.29, 1.82) is 0 Å². The zero-order chi connectivity index (χ0) is 12.1. The number of nitrogens with two attached hydrogens (primary N) is 1. The highest BCUT2D eigenvalue weighted by Gasteiger charge is 2.43. The first-order chi connectivity index (χ1) is 7.61. The summed E-state index contributed by atoms with van der Waals surface area (Å²) in [5.41, 5.74) is 5.27. The molecule has 96 valence electrons. The van der Waals surface area contributed by atoms with Gasteiger partial charge in [-0.3, -0.25) is 0 Å². The molecule has 16 heavy (non-hydrogen) atoms. The van der Waals surface area contributed by atoms with Crippen molar-refractivity contribution in [3.05, 3.63) is 0 Å². The summed E-state index contributed by atoms with van der Waals surface area (Å²) in [6, 6.07) is 0. The van der Waals surface area contributed by atoms with Gasteiger partial charge in [0, 0.05) is 0 Å². The molecule has 0 aliphatic carbocycles. The third-order valence-electron chi connectivity index (χ3n) is 2.48. The Morgan fingerprint density at radius 2 is 1.81 bits per heavy atom. The van der Waals surface area contributed by atoms with Crippen LogP contribution in [0.2, 0.25) is 0 Å². The summed E-state index contributed by atoms with van der Waals surface area (Å²) in [4.78, 5) is 0. The molecule has 0 radical (unpaired) electrons. The van der Waals surface area contributed by atoms with Crippen LogP contribution >= 0.6 is 0 Å². The Kier molecular flexibility index (Phi) is 5.56. The summed E-state index contributed by atoms with van der Waals surface area (Å²) in [7, 11) is 0. The Morgan fingerprint density at radius 3 is 2.38 bits per heavy atom. The van der Waals surface area contributed by atoms with Crippen molar-refractivity contribution in [1.82, 2.24) is 0 Å². The Labute approximate surface area is 93.4 Å². The van der Waals surface area contributed by atoms with Gasteiger partial charge in [0.15, 0.2) is 6.29 Å². The minimum absolute atomic E-state index is 0.277. The molecule has 1 aliphatic rings. The smallest absolute Gasteiger partial charge is 0.186 e. The van der Waals surface area contributed by atoms with Crippen molar-refractivity contribution < 1.29 is 29.9 Å². The number of hydrogen-bond donors (Lipinski definition) is 5. The van der Waals surface area contributed by atoms with E-state index >= 15 is 0 Å². The van der Waals surface area contributed by atoms with Crippen LogP contribution in [0.3, 0.4) is 0 Å². The van der Waals surface area contributed by atoms with Crippen LogP contribution in [0.1, 0.15) is 6.42 Å². The molecule has 1 heterocycles. The number of aliphatic hydroxyl groups excluding tert-OH is 4. The van der Waals surface area contributed by atoms with Crippen molar-refractivity contribution in [3.8, 4) is 0 Å². The summed E-state index contributed by atoms with van der Waals surface area (Å²) in [6.45, 7) is 0.262. The summed E-state index contributed by atoms with van der Waals surface area (Å²) >= 11 is 0. The van der Waals surface area contributed by atoms with Crippen molar-refractivity contribution in [2.24, 2.45) is 5.73 Å². The molecule has 0 saturated carbocycles. The average molecular weight is 237 g/mol. The molecule has 7 heteroatoms. The van der Waals surface area contributed by atoms with Crippen LogP contribution in [0.5, 0.6) is 0 Å². The number of rotatable bonds is 5. The molecule has 0 aromatic rings. The highest BCUT2D eigenvalue weighted by atomic mass is 16.7. The van der Waals surface area contributed by atoms with Gasteiger partial charge in [0.05, 0.1) is 13.2 Å². The van der Waals surface area contributed by atoms with Crippen molar-refractivity contribution in [2.75, 3.05) is 19.8 Å². The first-order valence-corrected chi connectivity index (χ1v) is 5.24. The van der Waals surface area contributed by atoms with Gasteiger partial charge in [0.2, 0.25) is 0 Å². The second kappa shape index (κ2) is 6.45. The van der Waals surface area contributed by atoms with Gasteiger partial charge in [-0.15, -0.1) is 0 Å². The molecule has 5 atom stereocenters. The minimum Gasteiger partial charge on any atom is -0.394 e. The monoisotopic (exact) mass is 237 g/mol. The molecule has 0 aromatic carbocycles. The van der Waals surface area contributed by atoms with Crippen LogP contribution in [0.25, 0.3) is 0 Å². The molecule has 7 nitrogen and oxygen atoms in total. The maximum Gasteiger partial charge on any atom is 0.186 e. The van der Waals surface area contributed by atoms with Gasteiger partial charge < -0.3 is 35.6 Å². The average Bonchev–Trinajstić information content (AvgIpc) is 2.29. The van der Waals surface area contributed by atoms with Crippen LogP contribution in [0.4, 0.5) is 0 Å². The molecule has 0 aromatic heterocycles. The molecule has 1 saturated heterocycles. The van der Waals surface area contributed by atoms with Crippen LogP contribution in [0.15, 0.2) is 0 Å². The van der Waals surface area contributed by atoms with Crippen molar-refractivity contribution >= 4 is 0 Å². The van der Waals surface area contributed by atoms with Gasteiger partial charge >= 0.3 is 0 Å². The Bertz CT molecular complexity index is 202. The molecule has 1 rings (SSSR count). The summed E-state index contributed by atoms with van der Waals surface area (Å²) in [5, 5.41) is 37.4. The SMILES string of the molecule is NCCCO[C@H]1OC(CO)[C@@H](O)[C@@H](O)C1O.